The number of fused-ring (bicyclic) bond motifs is 1. The molecule has 3 heterocycles. The molecule has 2 radical (unpaired) electrons. The lowest BCUT2D eigenvalue weighted by Crippen LogP contribution is -2.35. The zero-order valence-electron chi connectivity index (χ0n) is 18.8. The third kappa shape index (κ3) is 4.79. The fraction of sp³-hybridized carbons (Fsp3) is 0.269. The molecule has 0 saturated carbocycles. The van der Waals surface area contributed by atoms with Crippen molar-refractivity contribution in [1.82, 2.24) is 19.5 Å². The van der Waals surface area contributed by atoms with Crippen LogP contribution in [0.25, 0.3) is 16.9 Å². The third-order valence-corrected chi connectivity index (χ3v) is 6.75. The Bertz CT molecular complexity index is 1340. The van der Waals surface area contributed by atoms with Crippen molar-refractivity contribution in [2.45, 2.75) is 19.4 Å². The highest BCUT2D eigenvalue weighted by atomic mass is 35.5. The van der Waals surface area contributed by atoms with Gasteiger partial charge in [0.2, 0.25) is 0 Å². The van der Waals surface area contributed by atoms with Crippen molar-refractivity contribution < 1.29 is 0 Å². The summed E-state index contributed by atoms with van der Waals surface area (Å²) in [6, 6.07) is 19.7. The molecule has 0 bridgehead atoms. The molecule has 34 heavy (non-hydrogen) atoms. The van der Waals surface area contributed by atoms with Crippen molar-refractivity contribution in [3.8, 4) is 17.3 Å². The van der Waals surface area contributed by atoms with Crippen LogP contribution in [0.15, 0.2) is 60.8 Å². The minimum absolute atomic E-state index is 0.535. The SMILES string of the molecule is [B]c1cnn2c(NCC3CCN(Cc4ccc(C#N)cc4)CC3)cc(-c3ccccc3Cl)nc12. The van der Waals surface area contributed by atoms with E-state index in [0.29, 0.717) is 27.6 Å². The van der Waals surface area contributed by atoms with Crippen LogP contribution >= 0.6 is 11.6 Å². The molecule has 2 aromatic heterocycles. The lowest BCUT2D eigenvalue weighted by Gasteiger charge is -2.32. The summed E-state index contributed by atoms with van der Waals surface area (Å²) in [5.41, 5.74) is 4.75. The highest BCUT2D eigenvalue weighted by Crippen LogP contribution is 2.28. The van der Waals surface area contributed by atoms with Crippen molar-refractivity contribution >= 4 is 36.4 Å². The van der Waals surface area contributed by atoms with Gasteiger partial charge in [-0.1, -0.05) is 41.9 Å². The van der Waals surface area contributed by atoms with Crippen molar-refractivity contribution in [1.29, 1.82) is 5.26 Å². The zero-order chi connectivity index (χ0) is 23.5. The number of rotatable bonds is 6. The summed E-state index contributed by atoms with van der Waals surface area (Å²) >= 11 is 6.43. The molecule has 1 saturated heterocycles. The number of likely N-dealkylation sites (tertiary alicyclic amines) is 1. The quantitative estimate of drug-likeness (QED) is 0.434. The van der Waals surface area contributed by atoms with Gasteiger partial charge < -0.3 is 5.32 Å². The molecule has 5 rings (SSSR count). The number of nitrogens with one attached hydrogen (secondary N) is 1. The number of piperidine rings is 1. The Balaban J connectivity index is 1.25. The molecule has 2 aromatic carbocycles. The molecule has 0 atom stereocenters. The van der Waals surface area contributed by atoms with Crippen LogP contribution in [0.3, 0.4) is 0 Å². The number of anilines is 1. The molecule has 0 unspecified atom stereocenters. The molecule has 0 aliphatic carbocycles. The van der Waals surface area contributed by atoms with Crippen molar-refractivity contribution in [3.05, 3.63) is 76.9 Å². The molecular formula is C26H24BClN6. The van der Waals surface area contributed by atoms with Gasteiger partial charge in [0.1, 0.15) is 13.7 Å². The van der Waals surface area contributed by atoms with Crippen molar-refractivity contribution in [2.75, 3.05) is 25.0 Å². The maximum Gasteiger partial charge on any atom is 0.150 e. The lowest BCUT2D eigenvalue weighted by atomic mass is 9.96. The topological polar surface area (TPSA) is 69.2 Å². The smallest absolute Gasteiger partial charge is 0.150 e. The van der Waals surface area contributed by atoms with Gasteiger partial charge in [0, 0.05) is 35.9 Å². The van der Waals surface area contributed by atoms with Crippen molar-refractivity contribution in [2.24, 2.45) is 5.92 Å². The van der Waals surface area contributed by atoms with E-state index in [-0.39, 0.29) is 0 Å². The second kappa shape index (κ2) is 9.88. The van der Waals surface area contributed by atoms with E-state index in [2.05, 4.69) is 21.4 Å². The summed E-state index contributed by atoms with van der Waals surface area (Å²) in [5, 5.41) is 17.6. The van der Waals surface area contributed by atoms with Gasteiger partial charge in [-0.2, -0.15) is 14.9 Å². The summed E-state index contributed by atoms with van der Waals surface area (Å²) in [7, 11) is 6.14. The number of nitrogens with zero attached hydrogens (tertiary/aromatic N) is 5. The maximum atomic E-state index is 8.97. The van der Waals surface area contributed by atoms with Crippen LogP contribution in [-0.2, 0) is 6.54 Å². The van der Waals surface area contributed by atoms with Crippen LogP contribution < -0.4 is 10.8 Å². The van der Waals surface area contributed by atoms with Gasteiger partial charge in [-0.05, 0) is 61.1 Å². The van der Waals surface area contributed by atoms with E-state index >= 15 is 0 Å². The summed E-state index contributed by atoms with van der Waals surface area (Å²) in [6.07, 6.45) is 3.87. The van der Waals surface area contributed by atoms with Crippen molar-refractivity contribution in [3.63, 3.8) is 0 Å². The van der Waals surface area contributed by atoms with Gasteiger partial charge in [-0.3, -0.25) is 4.90 Å². The highest BCUT2D eigenvalue weighted by Gasteiger charge is 2.20. The van der Waals surface area contributed by atoms with E-state index in [1.807, 2.05) is 54.6 Å². The number of hydrogen-bond acceptors (Lipinski definition) is 5. The van der Waals surface area contributed by atoms with E-state index in [9.17, 15) is 0 Å². The molecule has 1 aliphatic heterocycles. The predicted octanol–water partition coefficient (Wildman–Crippen LogP) is 4.04. The molecule has 0 spiro atoms. The number of nitriles is 1. The van der Waals surface area contributed by atoms with Crippen LogP contribution in [0, 0.1) is 17.2 Å². The van der Waals surface area contributed by atoms with Gasteiger partial charge >= 0.3 is 0 Å². The van der Waals surface area contributed by atoms with E-state index < -0.39 is 0 Å². The Morgan fingerprint density at radius 2 is 1.88 bits per heavy atom. The maximum absolute atomic E-state index is 8.97. The first-order chi connectivity index (χ1) is 16.6. The van der Waals surface area contributed by atoms with Gasteiger partial charge in [0.05, 0.1) is 17.3 Å². The van der Waals surface area contributed by atoms with Crippen LogP contribution in [0.4, 0.5) is 5.82 Å². The molecule has 0 amide bonds. The molecular weight excluding hydrogens is 443 g/mol. The Morgan fingerprint density at radius 3 is 2.62 bits per heavy atom. The monoisotopic (exact) mass is 466 g/mol. The van der Waals surface area contributed by atoms with E-state index in [1.165, 1.54) is 5.56 Å². The minimum atomic E-state index is 0.535. The van der Waals surface area contributed by atoms with E-state index in [4.69, 9.17) is 29.7 Å². The fourth-order valence-corrected chi connectivity index (χ4v) is 4.69. The first kappa shape index (κ1) is 22.5. The largest absolute Gasteiger partial charge is 0.370 e. The van der Waals surface area contributed by atoms with Gasteiger partial charge in [-0.15, -0.1) is 0 Å². The Hall–Kier alpha value is -3.34. The second-order valence-corrected chi connectivity index (χ2v) is 9.16. The van der Waals surface area contributed by atoms with Crippen LogP contribution in [0.1, 0.15) is 24.0 Å². The molecule has 1 N–H and O–H groups in total. The van der Waals surface area contributed by atoms with E-state index in [1.54, 1.807) is 10.7 Å². The summed E-state index contributed by atoms with van der Waals surface area (Å²) in [6.45, 7) is 3.88. The fourth-order valence-electron chi connectivity index (χ4n) is 4.45. The van der Waals surface area contributed by atoms with Gasteiger partial charge in [0.15, 0.2) is 5.65 Å². The summed E-state index contributed by atoms with van der Waals surface area (Å²) in [5.74, 6) is 1.42. The molecule has 168 valence electrons. The van der Waals surface area contributed by atoms with Crippen LogP contribution in [0.5, 0.6) is 0 Å². The molecule has 8 heteroatoms. The Morgan fingerprint density at radius 1 is 1.12 bits per heavy atom. The zero-order valence-corrected chi connectivity index (χ0v) is 19.5. The van der Waals surface area contributed by atoms with E-state index in [0.717, 1.165) is 56.1 Å². The molecule has 1 fully saturated rings. The van der Waals surface area contributed by atoms with Gasteiger partial charge in [-0.25, -0.2) is 4.98 Å². The number of halogens is 1. The molecule has 1 aliphatic rings. The third-order valence-electron chi connectivity index (χ3n) is 6.42. The lowest BCUT2D eigenvalue weighted by molar-refractivity contribution is 0.182. The Labute approximate surface area is 205 Å². The van der Waals surface area contributed by atoms with Gasteiger partial charge in [0.25, 0.3) is 0 Å². The summed E-state index contributed by atoms with van der Waals surface area (Å²) < 4.78 is 1.76. The second-order valence-electron chi connectivity index (χ2n) is 8.75. The number of aromatic nitrogens is 3. The first-order valence-corrected chi connectivity index (χ1v) is 11.8. The molecule has 6 nitrogen and oxygen atoms in total. The number of hydrogen-bond donors (Lipinski definition) is 1. The van der Waals surface area contributed by atoms with Crippen LogP contribution in [-0.4, -0.2) is 47.0 Å². The minimum Gasteiger partial charge on any atom is -0.370 e. The highest BCUT2D eigenvalue weighted by molar-refractivity contribution is 6.36. The first-order valence-electron chi connectivity index (χ1n) is 11.4. The Kier molecular flexibility index (Phi) is 6.53. The average Bonchev–Trinajstić information content (AvgIpc) is 3.25. The summed E-state index contributed by atoms with van der Waals surface area (Å²) in [4.78, 5) is 7.19. The predicted molar refractivity (Wildman–Crippen MR) is 136 cm³/mol. The standard InChI is InChI=1S/C26H24BClN6/c27-22-16-31-34-25(13-24(32-26(22)34)21-3-1-2-4-23(21)28)30-15-19-9-11-33(12-10-19)17-20-7-5-18(14-29)6-8-20/h1-8,13,16,19,30H,9-12,15,17H2. The molecule has 4 aromatic rings. The number of benzene rings is 2. The average molecular weight is 467 g/mol. The van der Waals surface area contributed by atoms with Crippen LogP contribution in [0.2, 0.25) is 5.02 Å². The normalized spacial score (nSPS) is 14.8.